The van der Waals surface area contributed by atoms with Crippen LogP contribution in [0.25, 0.3) is 0 Å². The van der Waals surface area contributed by atoms with Gasteiger partial charge in [-0.05, 0) is 50.1 Å². The summed E-state index contributed by atoms with van der Waals surface area (Å²) in [7, 11) is 1.71. The van der Waals surface area contributed by atoms with Crippen molar-refractivity contribution >= 4 is 23.3 Å². The van der Waals surface area contributed by atoms with Crippen LogP contribution in [0.2, 0.25) is 0 Å². The van der Waals surface area contributed by atoms with Gasteiger partial charge in [-0.15, -0.1) is 0 Å². The third kappa shape index (κ3) is 3.84. The molecule has 1 aliphatic rings. The summed E-state index contributed by atoms with van der Waals surface area (Å²) < 4.78 is 5.47. The molecule has 0 bridgehead atoms. The summed E-state index contributed by atoms with van der Waals surface area (Å²) >= 11 is 0. The molecule has 3 rings (SSSR count). The molecule has 0 saturated heterocycles. The monoisotopic (exact) mass is 341 g/mol. The fourth-order valence-electron chi connectivity index (χ4n) is 2.84. The van der Waals surface area contributed by atoms with Gasteiger partial charge in [0, 0.05) is 31.4 Å². The van der Waals surface area contributed by atoms with E-state index in [0.717, 1.165) is 24.3 Å². The maximum atomic E-state index is 12.8. The maximum absolute atomic E-state index is 12.8. The molecule has 1 N–H and O–H groups in total. The Labute approximate surface area is 147 Å². The third-order valence-corrected chi connectivity index (χ3v) is 4.50. The lowest BCUT2D eigenvalue weighted by atomic mass is 10.2. The second-order valence-electron chi connectivity index (χ2n) is 6.39. The molecule has 1 aromatic carbocycles. The molecule has 0 spiro atoms. The van der Waals surface area contributed by atoms with Crippen LogP contribution in [0.5, 0.6) is 0 Å². The quantitative estimate of drug-likeness (QED) is 0.893. The predicted molar refractivity (Wildman–Crippen MR) is 96.5 cm³/mol. The van der Waals surface area contributed by atoms with Crippen LogP contribution >= 0.6 is 0 Å². The normalized spacial score (nSPS) is 14.7. The summed E-state index contributed by atoms with van der Waals surface area (Å²) in [6, 6.07) is 10.9. The fraction of sp³-hybridized carbons (Fsp3) is 0.368. The SMILES string of the molecule is CC(=O)N(C)c1cccc(NC(=O)N(C2CC2)[C@@H](C)c2ccco2)c1. The van der Waals surface area contributed by atoms with Crippen LogP contribution < -0.4 is 10.2 Å². The first-order valence-corrected chi connectivity index (χ1v) is 8.44. The smallest absolute Gasteiger partial charge is 0.322 e. The standard InChI is InChI=1S/C19H23N3O3/c1-13(18-8-5-11-25-18)22(16-9-10-16)19(24)20-15-6-4-7-17(12-15)21(3)14(2)23/h4-8,11-13,16H,9-10H2,1-3H3,(H,20,24)/t13-/m0/s1. The van der Waals surface area contributed by atoms with Crippen molar-refractivity contribution in [2.75, 3.05) is 17.3 Å². The van der Waals surface area contributed by atoms with Crippen LogP contribution in [-0.4, -0.2) is 29.9 Å². The van der Waals surface area contributed by atoms with Gasteiger partial charge in [-0.2, -0.15) is 0 Å². The Morgan fingerprint density at radius 2 is 2.00 bits per heavy atom. The highest BCUT2D eigenvalue weighted by Crippen LogP contribution is 2.35. The number of amides is 3. The Kier molecular flexibility index (Phi) is 4.79. The van der Waals surface area contributed by atoms with Crippen LogP contribution in [0.15, 0.2) is 47.1 Å². The zero-order valence-corrected chi connectivity index (χ0v) is 14.7. The Balaban J connectivity index is 1.76. The van der Waals surface area contributed by atoms with E-state index in [1.165, 1.54) is 6.92 Å². The Bertz CT molecular complexity index is 753. The summed E-state index contributed by atoms with van der Waals surface area (Å²) in [5.41, 5.74) is 1.40. The number of hydrogen-bond acceptors (Lipinski definition) is 3. The molecule has 0 aliphatic heterocycles. The van der Waals surface area contributed by atoms with Crippen molar-refractivity contribution in [1.82, 2.24) is 4.90 Å². The predicted octanol–water partition coefficient (Wildman–Crippen LogP) is 4.02. The van der Waals surface area contributed by atoms with Crippen LogP contribution in [0.1, 0.15) is 38.5 Å². The van der Waals surface area contributed by atoms with Crippen LogP contribution in [0, 0.1) is 0 Å². The maximum Gasteiger partial charge on any atom is 0.322 e. The lowest BCUT2D eigenvalue weighted by Gasteiger charge is -2.28. The highest BCUT2D eigenvalue weighted by Gasteiger charge is 2.37. The molecule has 0 radical (unpaired) electrons. The Hall–Kier alpha value is -2.76. The molecule has 1 atom stereocenters. The molecule has 25 heavy (non-hydrogen) atoms. The molecule has 2 aromatic rings. The average molecular weight is 341 g/mol. The molecule has 132 valence electrons. The zero-order chi connectivity index (χ0) is 18.0. The molecular weight excluding hydrogens is 318 g/mol. The van der Waals surface area contributed by atoms with Gasteiger partial charge in [-0.1, -0.05) is 6.07 Å². The molecule has 1 saturated carbocycles. The van der Waals surface area contributed by atoms with Crippen LogP contribution in [0.4, 0.5) is 16.2 Å². The van der Waals surface area contributed by atoms with Gasteiger partial charge in [0.05, 0.1) is 12.3 Å². The minimum Gasteiger partial charge on any atom is -0.467 e. The first-order chi connectivity index (χ1) is 12.0. The van der Waals surface area contributed by atoms with Gasteiger partial charge in [0.2, 0.25) is 5.91 Å². The molecule has 0 unspecified atom stereocenters. The molecule has 1 fully saturated rings. The number of furan rings is 1. The lowest BCUT2D eigenvalue weighted by Crippen LogP contribution is -2.38. The Morgan fingerprint density at radius 3 is 2.60 bits per heavy atom. The molecule has 6 heteroatoms. The molecular formula is C19H23N3O3. The summed E-state index contributed by atoms with van der Waals surface area (Å²) in [5, 5.41) is 2.95. The average Bonchev–Trinajstić information content (AvgIpc) is 3.25. The van der Waals surface area contributed by atoms with Crippen LogP contribution in [0.3, 0.4) is 0 Å². The summed E-state index contributed by atoms with van der Waals surface area (Å²) in [6.45, 7) is 3.47. The summed E-state index contributed by atoms with van der Waals surface area (Å²) in [6.07, 6.45) is 3.63. The number of carbonyl (C=O) groups excluding carboxylic acids is 2. The van der Waals surface area contributed by atoms with E-state index in [4.69, 9.17) is 4.42 Å². The van der Waals surface area contributed by atoms with Gasteiger partial charge in [-0.3, -0.25) is 4.79 Å². The number of anilines is 2. The highest BCUT2D eigenvalue weighted by molar-refractivity contribution is 5.94. The van der Waals surface area contributed by atoms with E-state index in [-0.39, 0.29) is 24.0 Å². The number of hydrogen-bond donors (Lipinski definition) is 1. The minimum atomic E-state index is -0.158. The number of nitrogens with one attached hydrogen (secondary N) is 1. The number of rotatable bonds is 5. The second-order valence-corrected chi connectivity index (χ2v) is 6.39. The largest absolute Gasteiger partial charge is 0.467 e. The molecule has 1 aliphatic carbocycles. The number of urea groups is 1. The lowest BCUT2D eigenvalue weighted by molar-refractivity contribution is -0.116. The van der Waals surface area contributed by atoms with Crippen LogP contribution in [-0.2, 0) is 4.79 Å². The van der Waals surface area contributed by atoms with Crippen molar-refractivity contribution < 1.29 is 14.0 Å². The van der Waals surface area contributed by atoms with Crippen molar-refractivity contribution in [2.24, 2.45) is 0 Å². The van der Waals surface area contributed by atoms with E-state index in [2.05, 4.69) is 5.32 Å². The third-order valence-electron chi connectivity index (χ3n) is 4.50. The zero-order valence-electron chi connectivity index (χ0n) is 14.7. The number of nitrogens with zero attached hydrogens (tertiary/aromatic N) is 2. The van der Waals surface area contributed by atoms with E-state index in [1.807, 2.05) is 42.2 Å². The van der Waals surface area contributed by atoms with E-state index >= 15 is 0 Å². The van der Waals surface area contributed by atoms with Gasteiger partial charge in [0.1, 0.15) is 5.76 Å². The number of benzene rings is 1. The van der Waals surface area contributed by atoms with E-state index in [9.17, 15) is 9.59 Å². The molecule has 1 aromatic heterocycles. The van der Waals surface area contributed by atoms with Gasteiger partial charge < -0.3 is 19.5 Å². The first-order valence-electron chi connectivity index (χ1n) is 8.44. The second kappa shape index (κ2) is 7.01. The summed E-state index contributed by atoms with van der Waals surface area (Å²) in [5.74, 6) is 0.710. The van der Waals surface area contributed by atoms with Gasteiger partial charge in [0.25, 0.3) is 0 Å². The van der Waals surface area contributed by atoms with Gasteiger partial charge in [0.15, 0.2) is 0 Å². The summed E-state index contributed by atoms with van der Waals surface area (Å²) in [4.78, 5) is 27.7. The first kappa shape index (κ1) is 17.1. The molecule has 1 heterocycles. The highest BCUT2D eigenvalue weighted by atomic mass is 16.3. The molecule has 3 amide bonds. The Morgan fingerprint density at radius 1 is 1.24 bits per heavy atom. The van der Waals surface area contributed by atoms with E-state index in [0.29, 0.717) is 5.69 Å². The minimum absolute atomic E-state index is 0.0606. The van der Waals surface area contributed by atoms with Crippen molar-refractivity contribution in [2.45, 2.75) is 38.8 Å². The van der Waals surface area contributed by atoms with Gasteiger partial charge in [-0.25, -0.2) is 4.79 Å². The van der Waals surface area contributed by atoms with Gasteiger partial charge >= 0.3 is 6.03 Å². The van der Waals surface area contributed by atoms with E-state index in [1.54, 1.807) is 24.3 Å². The number of carbonyl (C=O) groups is 2. The topological polar surface area (TPSA) is 65.8 Å². The molecule has 6 nitrogen and oxygen atoms in total. The van der Waals surface area contributed by atoms with Crippen molar-refractivity contribution in [3.8, 4) is 0 Å². The van der Waals surface area contributed by atoms with Crippen molar-refractivity contribution in [3.05, 3.63) is 48.4 Å². The van der Waals surface area contributed by atoms with E-state index < -0.39 is 0 Å². The fourth-order valence-corrected chi connectivity index (χ4v) is 2.84. The van der Waals surface area contributed by atoms with Crippen molar-refractivity contribution in [3.63, 3.8) is 0 Å². The van der Waals surface area contributed by atoms with Crippen molar-refractivity contribution in [1.29, 1.82) is 0 Å².